The summed E-state index contributed by atoms with van der Waals surface area (Å²) in [5.41, 5.74) is 1.19. The van der Waals surface area contributed by atoms with E-state index in [2.05, 4.69) is 10.6 Å². The van der Waals surface area contributed by atoms with Gasteiger partial charge in [-0.3, -0.25) is 0 Å². The molecule has 1 unspecified atom stereocenters. The third-order valence-corrected chi connectivity index (χ3v) is 2.36. The zero-order chi connectivity index (χ0) is 13.4. The highest BCUT2D eigenvalue weighted by atomic mass is 16.3. The number of hydrogen-bond acceptors (Lipinski definition) is 3. The number of anilines is 1. The maximum Gasteiger partial charge on any atom is 0.319 e. The molecule has 0 aliphatic heterocycles. The van der Waals surface area contributed by atoms with Gasteiger partial charge in [0.15, 0.2) is 0 Å². The van der Waals surface area contributed by atoms with Gasteiger partial charge in [-0.05, 0) is 44.0 Å². The predicted octanol–water partition coefficient (Wildman–Crippen LogP) is 1.84. The number of aliphatic hydroxyl groups is 1. The second-order valence-corrected chi connectivity index (χ2v) is 4.06. The van der Waals surface area contributed by atoms with Crippen LogP contribution in [-0.2, 0) is 0 Å². The molecular weight excluding hydrogens is 230 g/mol. The highest BCUT2D eigenvalue weighted by Gasteiger charge is 2.01. The first-order chi connectivity index (χ1) is 8.61. The largest absolute Gasteiger partial charge is 0.393 e. The van der Waals surface area contributed by atoms with Crippen LogP contribution in [0.4, 0.5) is 10.5 Å². The first kappa shape index (κ1) is 14.0. The lowest BCUT2D eigenvalue weighted by atomic mass is 10.2. The van der Waals surface area contributed by atoms with E-state index in [1.807, 2.05) is 6.07 Å². The number of nitriles is 1. The molecule has 2 amide bonds. The van der Waals surface area contributed by atoms with Crippen LogP contribution in [0.2, 0.25) is 0 Å². The number of nitrogens with zero attached hydrogens (tertiary/aromatic N) is 1. The highest BCUT2D eigenvalue weighted by molar-refractivity contribution is 5.89. The van der Waals surface area contributed by atoms with Gasteiger partial charge in [0, 0.05) is 12.2 Å². The van der Waals surface area contributed by atoms with Crippen LogP contribution in [0.1, 0.15) is 25.3 Å². The SMILES string of the molecule is CC(O)CCCNC(=O)Nc1ccc(C#N)cc1. The monoisotopic (exact) mass is 247 g/mol. The van der Waals surface area contributed by atoms with E-state index in [0.29, 0.717) is 24.2 Å². The summed E-state index contributed by atoms with van der Waals surface area (Å²) in [7, 11) is 0. The average molecular weight is 247 g/mol. The number of benzene rings is 1. The van der Waals surface area contributed by atoms with Gasteiger partial charge in [0.25, 0.3) is 0 Å². The molecule has 0 saturated carbocycles. The Morgan fingerprint density at radius 2 is 2.11 bits per heavy atom. The Balaban J connectivity index is 2.29. The summed E-state index contributed by atoms with van der Waals surface area (Å²) < 4.78 is 0. The molecule has 0 aromatic heterocycles. The smallest absolute Gasteiger partial charge is 0.319 e. The summed E-state index contributed by atoms with van der Waals surface area (Å²) in [5.74, 6) is 0. The number of carbonyl (C=O) groups excluding carboxylic acids is 1. The van der Waals surface area contributed by atoms with Crippen molar-refractivity contribution >= 4 is 11.7 Å². The van der Waals surface area contributed by atoms with Gasteiger partial charge in [-0.1, -0.05) is 0 Å². The summed E-state index contributed by atoms with van der Waals surface area (Å²) in [6.45, 7) is 2.24. The summed E-state index contributed by atoms with van der Waals surface area (Å²) >= 11 is 0. The molecule has 1 atom stereocenters. The standard InChI is InChI=1S/C13H17N3O2/c1-10(17)3-2-8-15-13(18)16-12-6-4-11(9-14)5-7-12/h4-7,10,17H,2-3,8H2,1H3,(H2,15,16,18). The minimum absolute atomic E-state index is 0.287. The third-order valence-electron chi connectivity index (χ3n) is 2.36. The van der Waals surface area contributed by atoms with Crippen molar-refractivity contribution in [2.45, 2.75) is 25.9 Å². The molecule has 1 aromatic carbocycles. The number of rotatable bonds is 5. The molecule has 0 heterocycles. The second-order valence-electron chi connectivity index (χ2n) is 4.06. The third kappa shape index (κ3) is 5.32. The first-order valence-electron chi connectivity index (χ1n) is 5.85. The van der Waals surface area contributed by atoms with Gasteiger partial charge >= 0.3 is 6.03 Å². The fraction of sp³-hybridized carbons (Fsp3) is 0.385. The Morgan fingerprint density at radius 3 is 2.67 bits per heavy atom. The van der Waals surface area contributed by atoms with Crippen molar-refractivity contribution in [3.63, 3.8) is 0 Å². The molecule has 96 valence electrons. The minimum atomic E-state index is -0.339. The Bertz CT molecular complexity index is 421. The van der Waals surface area contributed by atoms with Gasteiger partial charge < -0.3 is 15.7 Å². The molecule has 0 aliphatic carbocycles. The van der Waals surface area contributed by atoms with Crippen LogP contribution in [-0.4, -0.2) is 23.8 Å². The predicted molar refractivity (Wildman–Crippen MR) is 69.1 cm³/mol. The van der Waals surface area contributed by atoms with Crippen LogP contribution in [0, 0.1) is 11.3 Å². The summed E-state index contributed by atoms with van der Waals surface area (Å²) in [4.78, 5) is 11.5. The van der Waals surface area contributed by atoms with Crippen LogP contribution in [0.25, 0.3) is 0 Å². The van der Waals surface area contributed by atoms with Crippen molar-refractivity contribution in [3.8, 4) is 6.07 Å². The van der Waals surface area contributed by atoms with Crippen LogP contribution in [0.5, 0.6) is 0 Å². The molecule has 0 bridgehead atoms. The number of amides is 2. The number of urea groups is 1. The molecule has 18 heavy (non-hydrogen) atoms. The topological polar surface area (TPSA) is 85.2 Å². The zero-order valence-corrected chi connectivity index (χ0v) is 10.3. The molecule has 1 aromatic rings. The molecule has 3 N–H and O–H groups in total. The quantitative estimate of drug-likeness (QED) is 0.694. The number of carbonyl (C=O) groups is 1. The Morgan fingerprint density at radius 1 is 1.44 bits per heavy atom. The summed E-state index contributed by atoms with van der Waals surface area (Å²) in [6.07, 6.45) is 1.06. The van der Waals surface area contributed by atoms with Crippen molar-refractivity contribution in [3.05, 3.63) is 29.8 Å². The fourth-order valence-electron chi connectivity index (χ4n) is 1.40. The van der Waals surface area contributed by atoms with Gasteiger partial charge in [0.2, 0.25) is 0 Å². The van der Waals surface area contributed by atoms with Crippen LogP contribution < -0.4 is 10.6 Å². The molecular formula is C13H17N3O2. The molecule has 0 radical (unpaired) electrons. The normalized spacial score (nSPS) is 11.4. The van der Waals surface area contributed by atoms with Crippen molar-refractivity contribution in [2.24, 2.45) is 0 Å². The molecule has 0 fully saturated rings. The second kappa shape index (κ2) is 7.30. The molecule has 1 rings (SSSR count). The van der Waals surface area contributed by atoms with E-state index in [9.17, 15) is 4.79 Å². The number of nitrogens with one attached hydrogen (secondary N) is 2. The van der Waals surface area contributed by atoms with E-state index in [-0.39, 0.29) is 12.1 Å². The molecule has 5 nitrogen and oxygen atoms in total. The van der Waals surface area contributed by atoms with Crippen LogP contribution >= 0.6 is 0 Å². The maximum atomic E-state index is 11.5. The molecule has 0 aliphatic rings. The van der Waals surface area contributed by atoms with Crippen LogP contribution in [0.3, 0.4) is 0 Å². The van der Waals surface area contributed by atoms with E-state index in [1.165, 1.54) is 0 Å². The maximum absolute atomic E-state index is 11.5. The number of aliphatic hydroxyl groups excluding tert-OH is 1. The molecule has 5 heteroatoms. The minimum Gasteiger partial charge on any atom is -0.393 e. The van der Waals surface area contributed by atoms with Crippen molar-refractivity contribution in [1.82, 2.24) is 5.32 Å². The van der Waals surface area contributed by atoms with E-state index in [1.54, 1.807) is 31.2 Å². The van der Waals surface area contributed by atoms with E-state index < -0.39 is 0 Å². The lowest BCUT2D eigenvalue weighted by Crippen LogP contribution is -2.29. The van der Waals surface area contributed by atoms with Gasteiger partial charge in [0.05, 0.1) is 17.7 Å². The lowest BCUT2D eigenvalue weighted by molar-refractivity contribution is 0.181. The average Bonchev–Trinajstić information content (AvgIpc) is 2.35. The van der Waals surface area contributed by atoms with Gasteiger partial charge in [0.1, 0.15) is 0 Å². The van der Waals surface area contributed by atoms with E-state index in [0.717, 1.165) is 6.42 Å². The fourth-order valence-corrected chi connectivity index (χ4v) is 1.40. The van der Waals surface area contributed by atoms with Crippen molar-refractivity contribution in [1.29, 1.82) is 5.26 Å². The summed E-state index contributed by atoms with van der Waals surface area (Å²) in [6, 6.07) is 8.35. The first-order valence-corrected chi connectivity index (χ1v) is 5.85. The van der Waals surface area contributed by atoms with E-state index in [4.69, 9.17) is 10.4 Å². The van der Waals surface area contributed by atoms with Crippen LogP contribution in [0.15, 0.2) is 24.3 Å². The lowest BCUT2D eigenvalue weighted by Gasteiger charge is -2.08. The van der Waals surface area contributed by atoms with Gasteiger partial charge in [-0.15, -0.1) is 0 Å². The highest BCUT2D eigenvalue weighted by Crippen LogP contribution is 2.08. The zero-order valence-electron chi connectivity index (χ0n) is 10.3. The molecule has 0 saturated heterocycles. The Hall–Kier alpha value is -2.06. The van der Waals surface area contributed by atoms with E-state index >= 15 is 0 Å². The van der Waals surface area contributed by atoms with Gasteiger partial charge in [-0.2, -0.15) is 5.26 Å². The Kier molecular flexibility index (Phi) is 5.68. The molecule has 0 spiro atoms. The van der Waals surface area contributed by atoms with Crippen molar-refractivity contribution < 1.29 is 9.90 Å². The van der Waals surface area contributed by atoms with Gasteiger partial charge in [-0.25, -0.2) is 4.79 Å². The van der Waals surface area contributed by atoms with Crippen molar-refractivity contribution in [2.75, 3.05) is 11.9 Å². The summed E-state index contributed by atoms with van der Waals surface area (Å²) in [5, 5.41) is 23.0. The Labute approximate surface area is 106 Å². The number of hydrogen-bond donors (Lipinski definition) is 3.